The molecule has 2 aliphatic rings. The van der Waals surface area contributed by atoms with Crippen LogP contribution in [0.25, 0.3) is 5.57 Å². The normalized spacial score (nSPS) is 25.0. The van der Waals surface area contributed by atoms with E-state index in [0.29, 0.717) is 24.4 Å². The first kappa shape index (κ1) is 16.7. The summed E-state index contributed by atoms with van der Waals surface area (Å²) < 4.78 is 5.77. The third kappa shape index (κ3) is 2.73. The lowest BCUT2D eigenvalue weighted by molar-refractivity contribution is -0.136. The zero-order chi connectivity index (χ0) is 17.6. The van der Waals surface area contributed by atoms with Crippen LogP contribution in [-0.2, 0) is 14.3 Å². The highest BCUT2D eigenvalue weighted by atomic mass is 16.5. The number of imide groups is 1. The molecular formula is C19H24N2O3. The molecule has 2 unspecified atom stereocenters. The van der Waals surface area contributed by atoms with E-state index in [1.807, 2.05) is 50.8 Å². The zero-order valence-electron chi connectivity index (χ0n) is 14.9. The summed E-state index contributed by atoms with van der Waals surface area (Å²) in [5.41, 5.74) is 4.10. The van der Waals surface area contributed by atoms with Crippen LogP contribution in [0, 0.1) is 13.8 Å². The van der Waals surface area contributed by atoms with Crippen molar-refractivity contribution in [3.63, 3.8) is 0 Å². The van der Waals surface area contributed by atoms with E-state index >= 15 is 0 Å². The van der Waals surface area contributed by atoms with Crippen LogP contribution in [-0.4, -0.2) is 54.0 Å². The second kappa shape index (κ2) is 6.06. The summed E-state index contributed by atoms with van der Waals surface area (Å²) in [4.78, 5) is 28.7. The van der Waals surface area contributed by atoms with Crippen LogP contribution >= 0.6 is 0 Å². The fourth-order valence-electron chi connectivity index (χ4n) is 3.44. The number of carbonyl (C=O) groups is 2. The molecule has 0 N–H and O–H groups in total. The Balaban J connectivity index is 2.12. The largest absolute Gasteiger partial charge is 0.372 e. The van der Waals surface area contributed by atoms with Gasteiger partial charge in [-0.15, -0.1) is 0 Å². The molecule has 0 radical (unpaired) electrons. The molecule has 128 valence electrons. The standard InChI is InChI=1S/C19H24N2O3/c1-11-6-7-15(8-12(11)2)16-17(19(23)20(5)18(16)22)21-9-13(3)24-14(4)10-21/h6-8,13-14H,9-10H2,1-5H3. The van der Waals surface area contributed by atoms with Crippen molar-refractivity contribution in [1.29, 1.82) is 0 Å². The fraction of sp³-hybridized carbons (Fsp3) is 0.474. The number of benzene rings is 1. The SMILES string of the molecule is Cc1ccc(C2=C(N3CC(C)OC(C)C3)C(=O)N(C)C2=O)cc1C. The molecule has 5 heteroatoms. The maximum Gasteiger partial charge on any atom is 0.277 e. The Morgan fingerprint density at radius 3 is 2.21 bits per heavy atom. The molecule has 2 heterocycles. The van der Waals surface area contributed by atoms with Gasteiger partial charge >= 0.3 is 0 Å². The minimum absolute atomic E-state index is 0.0241. The summed E-state index contributed by atoms with van der Waals surface area (Å²) >= 11 is 0. The first-order valence-electron chi connectivity index (χ1n) is 8.34. The van der Waals surface area contributed by atoms with Crippen molar-refractivity contribution in [2.45, 2.75) is 39.9 Å². The van der Waals surface area contributed by atoms with E-state index < -0.39 is 0 Å². The second-order valence-electron chi connectivity index (χ2n) is 6.85. The van der Waals surface area contributed by atoms with Gasteiger partial charge < -0.3 is 9.64 Å². The Morgan fingerprint density at radius 2 is 1.62 bits per heavy atom. The van der Waals surface area contributed by atoms with Crippen LogP contribution in [0.2, 0.25) is 0 Å². The van der Waals surface area contributed by atoms with Crippen LogP contribution in [0.3, 0.4) is 0 Å². The third-order valence-corrected chi connectivity index (χ3v) is 4.79. The van der Waals surface area contributed by atoms with Crippen LogP contribution < -0.4 is 0 Å². The average Bonchev–Trinajstić information content (AvgIpc) is 2.73. The van der Waals surface area contributed by atoms with Gasteiger partial charge in [0.1, 0.15) is 5.70 Å². The highest BCUT2D eigenvalue weighted by Crippen LogP contribution is 2.33. The summed E-state index contributed by atoms with van der Waals surface area (Å²) in [6.45, 7) is 9.26. The van der Waals surface area contributed by atoms with Gasteiger partial charge in [-0.3, -0.25) is 14.5 Å². The smallest absolute Gasteiger partial charge is 0.277 e. The Kier molecular flexibility index (Phi) is 4.22. The minimum atomic E-state index is -0.231. The lowest BCUT2D eigenvalue weighted by Crippen LogP contribution is -2.46. The second-order valence-corrected chi connectivity index (χ2v) is 6.85. The van der Waals surface area contributed by atoms with E-state index in [1.54, 1.807) is 7.05 Å². The van der Waals surface area contributed by atoms with Crippen molar-refractivity contribution < 1.29 is 14.3 Å². The Labute approximate surface area is 142 Å². The number of morpholine rings is 1. The van der Waals surface area contributed by atoms with Crippen LogP contribution in [0.4, 0.5) is 0 Å². The molecular weight excluding hydrogens is 304 g/mol. The lowest BCUT2D eigenvalue weighted by Gasteiger charge is -2.37. The molecule has 2 atom stereocenters. The molecule has 1 aromatic rings. The molecule has 1 saturated heterocycles. The van der Waals surface area contributed by atoms with E-state index in [1.165, 1.54) is 10.5 Å². The van der Waals surface area contributed by atoms with Crippen LogP contribution in [0.15, 0.2) is 23.9 Å². The first-order valence-corrected chi connectivity index (χ1v) is 8.34. The van der Waals surface area contributed by atoms with Gasteiger partial charge in [0.15, 0.2) is 0 Å². The van der Waals surface area contributed by atoms with Gasteiger partial charge in [-0.1, -0.05) is 18.2 Å². The van der Waals surface area contributed by atoms with Gasteiger partial charge in [-0.2, -0.15) is 0 Å². The average molecular weight is 328 g/mol. The lowest BCUT2D eigenvalue weighted by atomic mass is 9.99. The molecule has 0 saturated carbocycles. The quantitative estimate of drug-likeness (QED) is 0.781. The van der Waals surface area contributed by atoms with Crippen molar-refractivity contribution >= 4 is 17.4 Å². The fourth-order valence-corrected chi connectivity index (χ4v) is 3.44. The molecule has 0 bridgehead atoms. The van der Waals surface area contributed by atoms with E-state index in [9.17, 15) is 9.59 Å². The van der Waals surface area contributed by atoms with E-state index in [-0.39, 0.29) is 24.0 Å². The number of carbonyl (C=O) groups excluding carboxylic acids is 2. The van der Waals surface area contributed by atoms with Gasteiger partial charge in [-0.05, 0) is 44.4 Å². The van der Waals surface area contributed by atoms with Gasteiger partial charge in [0, 0.05) is 20.1 Å². The molecule has 0 aliphatic carbocycles. The van der Waals surface area contributed by atoms with Crippen molar-refractivity contribution in [2.24, 2.45) is 0 Å². The van der Waals surface area contributed by atoms with Crippen LogP contribution in [0.1, 0.15) is 30.5 Å². The Bertz CT molecular complexity index is 728. The first-order chi connectivity index (χ1) is 11.3. The van der Waals surface area contributed by atoms with E-state index in [2.05, 4.69) is 0 Å². The molecule has 3 rings (SSSR count). The Hall–Kier alpha value is -2.14. The van der Waals surface area contributed by atoms with Gasteiger partial charge in [0.2, 0.25) is 0 Å². The topological polar surface area (TPSA) is 49.9 Å². The van der Waals surface area contributed by atoms with Gasteiger partial charge in [0.05, 0.1) is 17.8 Å². The summed E-state index contributed by atoms with van der Waals surface area (Å²) in [5, 5.41) is 0. The number of hydrogen-bond acceptors (Lipinski definition) is 4. The number of nitrogens with zero attached hydrogens (tertiary/aromatic N) is 2. The zero-order valence-corrected chi connectivity index (χ0v) is 14.9. The summed E-state index contributed by atoms with van der Waals surface area (Å²) in [5.74, 6) is -0.459. The van der Waals surface area contributed by atoms with Gasteiger partial charge in [0.25, 0.3) is 11.8 Å². The molecule has 24 heavy (non-hydrogen) atoms. The minimum Gasteiger partial charge on any atom is -0.372 e. The number of amides is 2. The van der Waals surface area contributed by atoms with E-state index in [4.69, 9.17) is 4.74 Å². The summed E-state index contributed by atoms with van der Waals surface area (Å²) in [6.07, 6.45) is 0.0483. The monoisotopic (exact) mass is 328 g/mol. The Morgan fingerprint density at radius 1 is 1.00 bits per heavy atom. The maximum atomic E-state index is 12.7. The van der Waals surface area contributed by atoms with Crippen molar-refractivity contribution in [3.05, 3.63) is 40.6 Å². The predicted octanol–water partition coefficient (Wildman–Crippen LogP) is 2.12. The molecule has 2 aliphatic heterocycles. The van der Waals surface area contributed by atoms with Crippen molar-refractivity contribution in [2.75, 3.05) is 20.1 Å². The summed E-state index contributed by atoms with van der Waals surface area (Å²) in [6, 6.07) is 5.91. The van der Waals surface area contributed by atoms with E-state index in [0.717, 1.165) is 11.1 Å². The molecule has 0 spiro atoms. The molecule has 2 amide bonds. The maximum absolute atomic E-state index is 12.7. The highest BCUT2D eigenvalue weighted by Gasteiger charge is 2.41. The number of likely N-dealkylation sites (N-methyl/N-ethyl adjacent to an activating group) is 1. The number of rotatable bonds is 2. The van der Waals surface area contributed by atoms with Crippen molar-refractivity contribution in [3.8, 4) is 0 Å². The predicted molar refractivity (Wildman–Crippen MR) is 92.2 cm³/mol. The third-order valence-electron chi connectivity index (χ3n) is 4.79. The number of hydrogen-bond donors (Lipinski definition) is 0. The summed E-state index contributed by atoms with van der Waals surface area (Å²) in [7, 11) is 1.55. The molecule has 5 nitrogen and oxygen atoms in total. The van der Waals surface area contributed by atoms with Crippen molar-refractivity contribution in [1.82, 2.24) is 9.80 Å². The number of ether oxygens (including phenoxy) is 1. The van der Waals surface area contributed by atoms with Crippen LogP contribution in [0.5, 0.6) is 0 Å². The molecule has 0 aromatic heterocycles. The molecule has 1 fully saturated rings. The number of aryl methyl sites for hydroxylation is 2. The van der Waals surface area contributed by atoms with Gasteiger partial charge in [-0.25, -0.2) is 0 Å². The highest BCUT2D eigenvalue weighted by molar-refractivity contribution is 6.35. The molecule has 1 aromatic carbocycles.